The molecule has 108 valence electrons. The molecule has 2 N–H and O–H groups in total. The maximum atomic E-state index is 6.32. The molecular weight excluding hydrogens is 306 g/mol. The molecule has 2 atom stereocenters. The third-order valence-corrected chi connectivity index (χ3v) is 6.41. The minimum Gasteiger partial charge on any atom is -0.326 e. The van der Waals surface area contributed by atoms with Gasteiger partial charge in [-0.2, -0.15) is 0 Å². The summed E-state index contributed by atoms with van der Waals surface area (Å²) in [4.78, 5) is 0. The Morgan fingerprint density at radius 3 is 2.65 bits per heavy atom. The number of nitrogens with two attached hydrogens (primary N) is 1. The molecule has 0 aliphatic heterocycles. The molecule has 1 heterocycles. The molecule has 0 radical (unpaired) electrons. The van der Waals surface area contributed by atoms with Crippen molar-refractivity contribution in [2.45, 2.75) is 40.2 Å². The van der Waals surface area contributed by atoms with Crippen LogP contribution in [0.15, 0.2) is 32.9 Å². The number of hydrogen-bond acceptors (Lipinski definition) is 6. The fraction of sp³-hybridized carbons (Fsp3) is 0.429. The van der Waals surface area contributed by atoms with Crippen LogP contribution in [0.25, 0.3) is 0 Å². The highest BCUT2D eigenvalue weighted by atomic mass is 32.2. The van der Waals surface area contributed by atoms with Crippen molar-refractivity contribution in [1.82, 2.24) is 10.2 Å². The fourth-order valence-corrected chi connectivity index (χ4v) is 4.76. The van der Waals surface area contributed by atoms with Gasteiger partial charge in [-0.1, -0.05) is 71.6 Å². The normalized spacial score (nSPS) is 14.2. The van der Waals surface area contributed by atoms with Crippen LogP contribution in [0.2, 0.25) is 0 Å². The Morgan fingerprint density at radius 1 is 1.30 bits per heavy atom. The fourth-order valence-electron chi connectivity index (χ4n) is 1.90. The second-order valence-electron chi connectivity index (χ2n) is 4.56. The van der Waals surface area contributed by atoms with Crippen molar-refractivity contribution in [3.05, 3.63) is 35.4 Å². The van der Waals surface area contributed by atoms with Gasteiger partial charge in [0.15, 0.2) is 8.68 Å². The Balaban J connectivity index is 2.23. The van der Waals surface area contributed by atoms with E-state index in [0.29, 0.717) is 0 Å². The lowest BCUT2D eigenvalue weighted by atomic mass is 10.0. The second kappa shape index (κ2) is 7.45. The van der Waals surface area contributed by atoms with E-state index in [1.807, 2.05) is 6.26 Å². The highest BCUT2D eigenvalue weighted by molar-refractivity contribution is 8.03. The number of thioether (sulfide) groups is 2. The Bertz CT molecular complexity index is 556. The van der Waals surface area contributed by atoms with Gasteiger partial charge in [0.05, 0.1) is 5.25 Å². The first-order chi connectivity index (χ1) is 9.63. The third kappa shape index (κ3) is 3.97. The van der Waals surface area contributed by atoms with Gasteiger partial charge in [0, 0.05) is 6.04 Å². The zero-order valence-electron chi connectivity index (χ0n) is 11.9. The van der Waals surface area contributed by atoms with Crippen molar-refractivity contribution in [2.24, 2.45) is 5.73 Å². The molecule has 0 saturated heterocycles. The summed E-state index contributed by atoms with van der Waals surface area (Å²) >= 11 is 4.99. The molecule has 0 amide bonds. The van der Waals surface area contributed by atoms with Gasteiger partial charge < -0.3 is 5.73 Å². The summed E-state index contributed by atoms with van der Waals surface area (Å²) < 4.78 is 1.99. The average Bonchev–Trinajstić information content (AvgIpc) is 2.91. The summed E-state index contributed by atoms with van der Waals surface area (Å²) in [5.41, 5.74) is 8.85. The quantitative estimate of drug-likeness (QED) is 0.809. The number of nitrogens with zero attached hydrogens (tertiary/aromatic N) is 2. The minimum absolute atomic E-state index is 0.114. The summed E-state index contributed by atoms with van der Waals surface area (Å²) in [6, 6.07) is 8.68. The number of benzene rings is 1. The molecule has 2 unspecified atom stereocenters. The molecule has 0 bridgehead atoms. The van der Waals surface area contributed by atoms with Crippen LogP contribution in [-0.2, 0) is 0 Å². The van der Waals surface area contributed by atoms with E-state index in [4.69, 9.17) is 5.73 Å². The Labute approximate surface area is 132 Å². The van der Waals surface area contributed by atoms with Crippen LogP contribution in [-0.4, -0.2) is 22.5 Å². The molecule has 2 aromatic rings. The van der Waals surface area contributed by atoms with Crippen LogP contribution in [0.3, 0.4) is 0 Å². The van der Waals surface area contributed by atoms with Gasteiger partial charge in [-0.15, -0.1) is 10.2 Å². The molecule has 0 fully saturated rings. The van der Waals surface area contributed by atoms with Crippen LogP contribution in [0, 0.1) is 6.92 Å². The largest absolute Gasteiger partial charge is 0.326 e. The zero-order valence-corrected chi connectivity index (χ0v) is 14.3. The number of rotatable bonds is 6. The standard InChI is InChI=1S/C14H19N3S3/c1-4-11(15)12(10-7-5-6-9(2)8-10)19-14-17-16-13(18-3)20-14/h5-8,11-12H,4,15H2,1-3H3. The number of aromatic nitrogens is 2. The molecule has 0 spiro atoms. The Morgan fingerprint density at radius 2 is 2.05 bits per heavy atom. The van der Waals surface area contributed by atoms with E-state index >= 15 is 0 Å². The monoisotopic (exact) mass is 325 g/mol. The van der Waals surface area contributed by atoms with Crippen molar-refractivity contribution in [1.29, 1.82) is 0 Å². The van der Waals surface area contributed by atoms with E-state index in [2.05, 4.69) is 48.3 Å². The van der Waals surface area contributed by atoms with Crippen molar-refractivity contribution >= 4 is 34.9 Å². The zero-order chi connectivity index (χ0) is 14.5. The van der Waals surface area contributed by atoms with E-state index in [-0.39, 0.29) is 11.3 Å². The molecule has 0 aliphatic rings. The van der Waals surface area contributed by atoms with Crippen molar-refractivity contribution in [2.75, 3.05) is 6.26 Å². The predicted molar refractivity (Wildman–Crippen MR) is 89.7 cm³/mol. The molecule has 2 rings (SSSR count). The van der Waals surface area contributed by atoms with Crippen LogP contribution in [0.5, 0.6) is 0 Å². The molecule has 1 aromatic carbocycles. The van der Waals surface area contributed by atoms with E-state index in [1.165, 1.54) is 11.1 Å². The SMILES string of the molecule is CCC(N)C(Sc1nnc(SC)s1)c1cccc(C)c1. The molecule has 3 nitrogen and oxygen atoms in total. The van der Waals surface area contributed by atoms with Crippen molar-refractivity contribution < 1.29 is 0 Å². The van der Waals surface area contributed by atoms with Gasteiger partial charge >= 0.3 is 0 Å². The van der Waals surface area contributed by atoms with Gasteiger partial charge in [-0.3, -0.25) is 0 Å². The maximum absolute atomic E-state index is 6.32. The third-order valence-electron chi connectivity index (χ3n) is 3.02. The average molecular weight is 326 g/mol. The van der Waals surface area contributed by atoms with Gasteiger partial charge in [-0.25, -0.2) is 0 Å². The predicted octanol–water partition coefficient (Wildman–Crippen LogP) is 4.14. The van der Waals surface area contributed by atoms with Crippen LogP contribution in [0.4, 0.5) is 0 Å². The summed E-state index contributed by atoms with van der Waals surface area (Å²) in [7, 11) is 0. The van der Waals surface area contributed by atoms with Crippen molar-refractivity contribution in [3.8, 4) is 0 Å². The molecule has 0 aliphatic carbocycles. The summed E-state index contributed by atoms with van der Waals surface area (Å²) in [6.07, 6.45) is 2.96. The van der Waals surface area contributed by atoms with E-state index in [1.54, 1.807) is 34.9 Å². The summed E-state index contributed by atoms with van der Waals surface area (Å²) in [5.74, 6) is 0. The first-order valence-corrected chi connectivity index (χ1v) is 9.42. The molecule has 6 heteroatoms. The second-order valence-corrected chi connectivity index (χ2v) is 7.98. The Kier molecular flexibility index (Phi) is 5.89. The van der Waals surface area contributed by atoms with E-state index in [9.17, 15) is 0 Å². The van der Waals surface area contributed by atoms with Gasteiger partial charge in [0.25, 0.3) is 0 Å². The molecular formula is C14H19N3S3. The lowest BCUT2D eigenvalue weighted by Gasteiger charge is -2.22. The first-order valence-electron chi connectivity index (χ1n) is 6.50. The Hall–Kier alpha value is -0.560. The van der Waals surface area contributed by atoms with Gasteiger partial charge in [0.1, 0.15) is 0 Å². The van der Waals surface area contributed by atoms with E-state index in [0.717, 1.165) is 15.1 Å². The molecule has 1 aromatic heterocycles. The van der Waals surface area contributed by atoms with Crippen LogP contribution < -0.4 is 5.73 Å². The summed E-state index contributed by atoms with van der Waals surface area (Å²) in [6.45, 7) is 4.24. The smallest absolute Gasteiger partial charge is 0.175 e. The molecule has 20 heavy (non-hydrogen) atoms. The topological polar surface area (TPSA) is 51.8 Å². The highest BCUT2D eigenvalue weighted by Crippen LogP contribution is 2.40. The highest BCUT2D eigenvalue weighted by Gasteiger charge is 2.22. The van der Waals surface area contributed by atoms with Gasteiger partial charge in [-0.05, 0) is 25.2 Å². The molecule has 0 saturated carbocycles. The van der Waals surface area contributed by atoms with Crippen LogP contribution >= 0.6 is 34.9 Å². The van der Waals surface area contributed by atoms with Crippen LogP contribution in [0.1, 0.15) is 29.7 Å². The summed E-state index contributed by atoms with van der Waals surface area (Å²) in [5, 5.41) is 8.63. The maximum Gasteiger partial charge on any atom is 0.175 e. The first kappa shape index (κ1) is 15.8. The van der Waals surface area contributed by atoms with Crippen molar-refractivity contribution in [3.63, 3.8) is 0 Å². The number of aryl methyl sites for hydroxylation is 1. The minimum atomic E-state index is 0.114. The lowest BCUT2D eigenvalue weighted by molar-refractivity contribution is 0.633. The van der Waals surface area contributed by atoms with E-state index < -0.39 is 0 Å². The lowest BCUT2D eigenvalue weighted by Crippen LogP contribution is -2.25. The van der Waals surface area contributed by atoms with Gasteiger partial charge in [0.2, 0.25) is 0 Å². The number of hydrogen-bond donors (Lipinski definition) is 1.